The van der Waals surface area contributed by atoms with Crippen LogP contribution in [0.1, 0.15) is 75.8 Å². The highest BCUT2D eigenvalue weighted by molar-refractivity contribution is 5.87. The van der Waals surface area contributed by atoms with Gasteiger partial charge in [0.25, 0.3) is 5.91 Å². The van der Waals surface area contributed by atoms with Gasteiger partial charge in [-0.2, -0.15) is 40.2 Å². The molecule has 2 aromatic carbocycles. The van der Waals surface area contributed by atoms with Crippen LogP contribution in [0.4, 0.5) is 59.3 Å². The number of aliphatic hydroxyl groups is 1. The van der Waals surface area contributed by atoms with E-state index in [-0.39, 0.29) is 21.5 Å². The molecule has 2 aromatic heterocycles. The molecule has 440 valence electrons. The molecule has 7 rings (SSSR count). The fourth-order valence-corrected chi connectivity index (χ4v) is 9.99. The highest BCUT2D eigenvalue weighted by Crippen LogP contribution is 2.42. The number of piperazine rings is 1. The Kier molecular flexibility index (Phi) is 18.9. The zero-order valence-electron chi connectivity index (χ0n) is 44.3. The lowest BCUT2D eigenvalue weighted by Crippen LogP contribution is -2.63. The summed E-state index contributed by atoms with van der Waals surface area (Å²) >= 11 is 0. The lowest BCUT2D eigenvalue weighted by Gasteiger charge is -2.44. The van der Waals surface area contributed by atoms with Crippen LogP contribution in [-0.2, 0) is 32.0 Å². The number of rotatable bonds is 19. The number of amides is 4. The molecule has 0 spiro atoms. The van der Waals surface area contributed by atoms with Gasteiger partial charge in [0, 0.05) is 85.6 Å². The Labute approximate surface area is 458 Å². The maximum Gasteiger partial charge on any atom is 0.407 e. The number of hydrogen-bond acceptors (Lipinski definition) is 12. The number of aromatic nitrogens is 3. The zero-order valence-corrected chi connectivity index (χ0v) is 44.3. The van der Waals surface area contributed by atoms with E-state index in [2.05, 4.69) is 41.8 Å². The molecular formula is C53H60F10N10O8. The number of fused-ring (bicyclic) bond motifs is 2. The van der Waals surface area contributed by atoms with Crippen molar-refractivity contribution in [2.75, 3.05) is 44.9 Å². The van der Waals surface area contributed by atoms with E-state index in [1.165, 1.54) is 29.6 Å². The maximum atomic E-state index is 16.0. The summed E-state index contributed by atoms with van der Waals surface area (Å²) in [7, 11) is 0.812. The number of carbonyl (C=O) groups is 4. The summed E-state index contributed by atoms with van der Waals surface area (Å²) in [6.07, 6.45) is -11.0. The van der Waals surface area contributed by atoms with Crippen molar-refractivity contribution < 1.29 is 82.8 Å². The lowest BCUT2D eigenvalue weighted by atomic mass is 9.82. The summed E-state index contributed by atoms with van der Waals surface area (Å²) in [6.45, 7) is -0.180. The number of alkyl halides is 8. The minimum atomic E-state index is -5.29. The van der Waals surface area contributed by atoms with Crippen LogP contribution in [-0.4, -0.2) is 154 Å². The number of halogens is 10. The van der Waals surface area contributed by atoms with Crippen LogP contribution >= 0.6 is 0 Å². The molecule has 3 aliphatic heterocycles. The van der Waals surface area contributed by atoms with Crippen LogP contribution in [0.25, 0.3) is 11.3 Å². The molecule has 3 aliphatic rings. The first-order chi connectivity index (χ1) is 38.0. The van der Waals surface area contributed by atoms with Gasteiger partial charge >= 0.3 is 31.1 Å². The molecule has 4 aromatic rings. The summed E-state index contributed by atoms with van der Waals surface area (Å²) in [4.78, 5) is 61.6. The van der Waals surface area contributed by atoms with E-state index in [9.17, 15) is 64.5 Å². The molecule has 4 amide bonds. The Morgan fingerprint density at radius 3 is 1.93 bits per heavy atom. The smallest absolute Gasteiger partial charge is 0.407 e. The van der Waals surface area contributed by atoms with Crippen LogP contribution in [0.5, 0.6) is 0 Å². The van der Waals surface area contributed by atoms with E-state index in [1.54, 1.807) is 6.20 Å². The van der Waals surface area contributed by atoms with Crippen molar-refractivity contribution >= 4 is 29.8 Å². The number of carbonyl (C=O) groups excluding carboxylic acids is 3. The Hall–Kier alpha value is -7.22. The molecule has 6 N–H and O–H groups in total. The number of anilines is 1. The third-order valence-electron chi connectivity index (χ3n) is 14.9. The van der Waals surface area contributed by atoms with Crippen LogP contribution in [0.15, 0.2) is 67.0 Å². The van der Waals surface area contributed by atoms with Crippen molar-refractivity contribution in [3.63, 3.8) is 0 Å². The van der Waals surface area contributed by atoms with Gasteiger partial charge in [-0.3, -0.25) is 19.9 Å². The van der Waals surface area contributed by atoms with Crippen LogP contribution in [0, 0.1) is 34.3 Å². The summed E-state index contributed by atoms with van der Waals surface area (Å²) in [5.41, 5.74) is -4.67. The number of benzene rings is 2. The van der Waals surface area contributed by atoms with Crippen LogP contribution in [0.2, 0.25) is 0 Å². The van der Waals surface area contributed by atoms with Gasteiger partial charge in [0.05, 0.1) is 42.4 Å². The monoisotopic (exact) mass is 1150 g/mol. The first kappa shape index (κ1) is 61.4. The van der Waals surface area contributed by atoms with Crippen LogP contribution in [0.3, 0.4) is 0 Å². The maximum absolute atomic E-state index is 16.0. The summed E-state index contributed by atoms with van der Waals surface area (Å²) < 4.78 is 156. The van der Waals surface area contributed by atoms with Gasteiger partial charge in [-0.15, -0.1) is 0 Å². The number of methoxy groups -OCH3 is 1. The normalized spacial score (nSPS) is 19.3. The van der Waals surface area contributed by atoms with Crippen molar-refractivity contribution in [1.82, 2.24) is 46.0 Å². The Bertz CT molecular complexity index is 2910. The van der Waals surface area contributed by atoms with E-state index in [0.29, 0.717) is 74.1 Å². The van der Waals surface area contributed by atoms with Crippen molar-refractivity contribution in [1.29, 1.82) is 0 Å². The highest BCUT2D eigenvalue weighted by Gasteiger charge is 2.57. The Balaban J connectivity index is 1.17. The molecule has 0 aliphatic carbocycles. The number of carboxylic acid groups (broad SMARTS) is 1. The molecule has 3 fully saturated rings. The first-order valence-corrected chi connectivity index (χ1v) is 25.5. The first-order valence-electron chi connectivity index (χ1n) is 25.5. The molecule has 7 atom stereocenters. The van der Waals surface area contributed by atoms with E-state index >= 15 is 8.78 Å². The molecule has 0 radical (unpaired) electrons. The van der Waals surface area contributed by atoms with Crippen molar-refractivity contribution in [2.45, 2.75) is 121 Å². The number of hydrogen-bond donors (Lipinski definition) is 6. The molecule has 81 heavy (non-hydrogen) atoms. The summed E-state index contributed by atoms with van der Waals surface area (Å²) in [5.74, 6) is 0.625. The average Bonchev–Trinajstić information content (AvgIpc) is 4.19. The van der Waals surface area contributed by atoms with E-state index < -0.39 is 115 Å². The zero-order chi connectivity index (χ0) is 59.4. The second-order valence-corrected chi connectivity index (χ2v) is 21.1. The fraction of sp³-hybridized carbons (Fsp3) is 0.509. The number of aliphatic hydroxyl groups excluding tert-OH is 1. The van der Waals surface area contributed by atoms with E-state index in [4.69, 9.17) is 4.74 Å². The van der Waals surface area contributed by atoms with Gasteiger partial charge in [0.2, 0.25) is 5.91 Å². The standard InChI is InChI=1S/C53H60F10N10O8/c1-50(2,52(58,59)60)43(67-49(79)80-5)45(75)65-40(20-30-9-6-29(7-10-30)8-11-31-12-15-42(64-23-31)70-24-33-13-14-34(25-70)73(33)35-17-19-81-28-35)41(74)27-71(69-46(76)44(66-48(77)78)51(3,4)53(61,62)63)26-36-37(54)21-32(22-38(36)55)39-16-18-72(68-39)47(56)57/h6-7,9-10,12,15-16,18,21-23,33-35,40-41,43-44,47,66,74H,13-14,17,19-20,24-28H2,1-5H3,(H,65,75)(H,67,79)(H,69,76)(H,77,78)/t33?,34?,35-,40?,41?,43?,44?/m1/s1. The third kappa shape index (κ3) is 14.5. The van der Waals surface area contributed by atoms with Gasteiger partial charge in [-0.25, -0.2) is 33.0 Å². The summed E-state index contributed by atoms with van der Waals surface area (Å²) in [6, 6.07) is 6.32. The van der Waals surface area contributed by atoms with Gasteiger partial charge in [0.1, 0.15) is 29.5 Å². The minimum Gasteiger partial charge on any atom is -0.465 e. The van der Waals surface area contributed by atoms with Gasteiger partial charge in [0.15, 0.2) is 0 Å². The average molecular weight is 1160 g/mol. The predicted octanol–water partition coefficient (Wildman–Crippen LogP) is 6.92. The van der Waals surface area contributed by atoms with Crippen molar-refractivity contribution in [2.24, 2.45) is 10.8 Å². The molecule has 28 heteroatoms. The van der Waals surface area contributed by atoms with Gasteiger partial charge < -0.3 is 40.5 Å². The molecule has 6 unspecified atom stereocenters. The molecule has 3 saturated heterocycles. The molecule has 18 nitrogen and oxygen atoms in total. The number of ether oxygens (including phenoxy) is 2. The SMILES string of the molecule is COC(=O)NC(C(=O)NC(Cc1ccc(C#Cc2ccc(N3CC4CCC(C3)N4[C@@H]3CCOC3)nc2)cc1)C(O)CN(Cc1c(F)cc(-c2ccn(C(F)F)n2)cc1F)NC(=O)C(NC(=O)O)C(C)(C)C(F)(F)F)C(C)(C)C(F)(F)F. The van der Waals surface area contributed by atoms with E-state index in [0.717, 1.165) is 70.8 Å². The third-order valence-corrected chi connectivity index (χ3v) is 14.9. The minimum absolute atomic E-state index is 0.188. The second-order valence-electron chi connectivity index (χ2n) is 21.1. The number of nitrogens with one attached hydrogen (secondary N) is 4. The number of alkyl carbamates (subject to hydrolysis) is 1. The van der Waals surface area contributed by atoms with Gasteiger partial charge in [-0.1, -0.05) is 24.0 Å². The fourth-order valence-electron chi connectivity index (χ4n) is 9.99. The van der Waals surface area contributed by atoms with Crippen molar-refractivity contribution in [3.05, 3.63) is 101 Å². The molecule has 0 saturated carbocycles. The topological polar surface area (TPSA) is 216 Å². The second kappa shape index (κ2) is 24.9. The largest absolute Gasteiger partial charge is 0.465 e. The van der Waals surface area contributed by atoms with Gasteiger partial charge in [-0.05, 0) is 101 Å². The number of nitrogens with zero attached hydrogens (tertiary/aromatic N) is 6. The molecular weight excluding hydrogens is 1090 g/mol. The van der Waals surface area contributed by atoms with E-state index in [1.807, 2.05) is 22.9 Å². The number of hydrazine groups is 1. The van der Waals surface area contributed by atoms with Crippen LogP contribution < -0.4 is 26.3 Å². The Morgan fingerprint density at radius 1 is 0.815 bits per heavy atom. The van der Waals surface area contributed by atoms with Crippen molar-refractivity contribution in [3.8, 4) is 23.1 Å². The summed E-state index contributed by atoms with van der Waals surface area (Å²) in [5, 5.41) is 31.1. The highest BCUT2D eigenvalue weighted by atomic mass is 19.4. The quantitative estimate of drug-likeness (QED) is 0.0320. The predicted molar refractivity (Wildman–Crippen MR) is 270 cm³/mol. The molecule has 5 heterocycles. The Morgan fingerprint density at radius 2 is 1.41 bits per heavy atom. The molecule has 2 bridgehead atoms. The lowest BCUT2D eigenvalue weighted by molar-refractivity contribution is -0.221. The number of pyridine rings is 1.